The molecule has 1 fully saturated rings. The molecular weight excluding hydrogens is 432 g/mol. The van der Waals surface area contributed by atoms with Crippen LogP contribution in [0, 0.1) is 23.5 Å². The van der Waals surface area contributed by atoms with Gasteiger partial charge in [0.2, 0.25) is 0 Å². The summed E-state index contributed by atoms with van der Waals surface area (Å²) in [7, 11) is -4.08. The van der Waals surface area contributed by atoms with Crippen LogP contribution in [-0.4, -0.2) is 28.1 Å². The van der Waals surface area contributed by atoms with Gasteiger partial charge in [0.1, 0.15) is 10.6 Å². The summed E-state index contributed by atoms with van der Waals surface area (Å²) < 4.78 is 62.1. The van der Waals surface area contributed by atoms with Gasteiger partial charge in [-0.15, -0.1) is 0 Å². The van der Waals surface area contributed by atoms with Crippen LogP contribution in [0.3, 0.4) is 0 Å². The number of hydrogen-bond donors (Lipinski definition) is 1. The SMILES string of the molecule is CCNC[C@@H]1CCC[C@@]2(S(=O)(=O)c3ccc(Cl)cc3)c3c(F)ccc(F)c3OCC12. The fourth-order valence-corrected chi connectivity index (χ4v) is 7.66. The Morgan fingerprint density at radius 1 is 1.17 bits per heavy atom. The minimum Gasteiger partial charge on any atom is -0.490 e. The predicted octanol–water partition coefficient (Wildman–Crippen LogP) is 4.71. The highest BCUT2D eigenvalue weighted by molar-refractivity contribution is 7.92. The molecule has 0 saturated heterocycles. The first-order valence-corrected chi connectivity index (χ1v) is 12.0. The second-order valence-electron chi connectivity index (χ2n) is 7.96. The fraction of sp³-hybridized carbons (Fsp3) is 0.455. The van der Waals surface area contributed by atoms with Crippen molar-refractivity contribution in [2.75, 3.05) is 19.7 Å². The van der Waals surface area contributed by atoms with Gasteiger partial charge in [-0.25, -0.2) is 17.2 Å². The minimum atomic E-state index is -4.08. The van der Waals surface area contributed by atoms with Crippen LogP contribution in [-0.2, 0) is 14.6 Å². The Labute approximate surface area is 180 Å². The first kappa shape index (κ1) is 21.5. The number of ether oxygens (including phenoxy) is 1. The molecule has 1 aliphatic carbocycles. The average Bonchev–Trinajstić information content (AvgIpc) is 2.74. The fourth-order valence-electron chi connectivity index (χ4n) is 5.08. The molecule has 8 heteroatoms. The summed E-state index contributed by atoms with van der Waals surface area (Å²) in [5.74, 6) is -2.33. The second kappa shape index (κ2) is 8.09. The third-order valence-electron chi connectivity index (χ3n) is 6.44. The van der Waals surface area contributed by atoms with E-state index in [0.717, 1.165) is 25.1 Å². The Bertz CT molecular complexity index is 1050. The molecule has 2 aliphatic rings. The van der Waals surface area contributed by atoms with Crippen molar-refractivity contribution in [1.82, 2.24) is 5.32 Å². The second-order valence-corrected chi connectivity index (χ2v) is 10.6. The summed E-state index contributed by atoms with van der Waals surface area (Å²) in [5.41, 5.74) is -0.171. The predicted molar refractivity (Wildman–Crippen MR) is 112 cm³/mol. The maximum Gasteiger partial charge on any atom is 0.188 e. The van der Waals surface area contributed by atoms with E-state index in [1.54, 1.807) is 0 Å². The summed E-state index contributed by atoms with van der Waals surface area (Å²) in [6.45, 7) is 3.33. The average molecular weight is 456 g/mol. The Morgan fingerprint density at radius 3 is 2.57 bits per heavy atom. The van der Waals surface area contributed by atoms with Gasteiger partial charge in [0.05, 0.1) is 17.1 Å². The van der Waals surface area contributed by atoms with Crippen LogP contribution in [0.15, 0.2) is 41.3 Å². The molecule has 1 saturated carbocycles. The van der Waals surface area contributed by atoms with Crippen LogP contribution in [0.2, 0.25) is 5.02 Å². The van der Waals surface area contributed by atoms with Gasteiger partial charge in [-0.1, -0.05) is 24.9 Å². The molecule has 0 amide bonds. The molecule has 162 valence electrons. The largest absolute Gasteiger partial charge is 0.490 e. The molecule has 3 atom stereocenters. The molecule has 1 aliphatic heterocycles. The Morgan fingerprint density at radius 2 is 1.87 bits per heavy atom. The Kier molecular flexibility index (Phi) is 5.81. The van der Waals surface area contributed by atoms with Crippen molar-refractivity contribution in [3.05, 3.63) is 58.6 Å². The highest BCUT2D eigenvalue weighted by Crippen LogP contribution is 2.57. The van der Waals surface area contributed by atoms with Crippen molar-refractivity contribution in [3.63, 3.8) is 0 Å². The summed E-state index contributed by atoms with van der Waals surface area (Å²) in [6, 6.07) is 7.85. The van der Waals surface area contributed by atoms with Crippen molar-refractivity contribution in [1.29, 1.82) is 0 Å². The molecule has 0 spiro atoms. The molecular formula is C22H24ClF2NO3S. The maximum atomic E-state index is 15.2. The molecule has 0 bridgehead atoms. The molecule has 0 radical (unpaired) electrons. The van der Waals surface area contributed by atoms with Gasteiger partial charge in [-0.2, -0.15) is 0 Å². The van der Waals surface area contributed by atoms with E-state index < -0.39 is 32.1 Å². The number of fused-ring (bicyclic) bond motifs is 3. The van der Waals surface area contributed by atoms with E-state index in [1.165, 1.54) is 24.3 Å². The minimum absolute atomic E-state index is 0.0241. The van der Waals surface area contributed by atoms with Gasteiger partial charge in [-0.3, -0.25) is 0 Å². The third-order valence-corrected chi connectivity index (χ3v) is 9.26. The number of nitrogens with one attached hydrogen (secondary N) is 1. The molecule has 2 aromatic rings. The zero-order valence-electron chi connectivity index (χ0n) is 16.6. The lowest BCUT2D eigenvalue weighted by atomic mass is 9.67. The van der Waals surface area contributed by atoms with Crippen molar-refractivity contribution in [2.45, 2.75) is 35.8 Å². The summed E-state index contributed by atoms with van der Waals surface area (Å²) in [4.78, 5) is 0.0533. The zero-order valence-corrected chi connectivity index (χ0v) is 18.2. The lowest BCUT2D eigenvalue weighted by molar-refractivity contribution is 0.0749. The van der Waals surface area contributed by atoms with Crippen LogP contribution in [0.1, 0.15) is 31.7 Å². The van der Waals surface area contributed by atoms with Crippen LogP contribution < -0.4 is 10.1 Å². The van der Waals surface area contributed by atoms with Gasteiger partial charge in [0.25, 0.3) is 0 Å². The van der Waals surface area contributed by atoms with E-state index in [4.69, 9.17) is 16.3 Å². The van der Waals surface area contributed by atoms with Gasteiger partial charge < -0.3 is 10.1 Å². The summed E-state index contributed by atoms with van der Waals surface area (Å²) in [6.07, 6.45) is 1.60. The van der Waals surface area contributed by atoms with Crippen molar-refractivity contribution < 1.29 is 21.9 Å². The van der Waals surface area contributed by atoms with Gasteiger partial charge in [0, 0.05) is 10.9 Å². The number of benzene rings is 2. The third kappa shape index (κ3) is 3.22. The highest BCUT2D eigenvalue weighted by atomic mass is 35.5. The first-order chi connectivity index (χ1) is 14.3. The lowest BCUT2D eigenvalue weighted by Gasteiger charge is -2.50. The van der Waals surface area contributed by atoms with Crippen molar-refractivity contribution in [2.24, 2.45) is 11.8 Å². The zero-order chi connectivity index (χ0) is 21.5. The summed E-state index contributed by atoms with van der Waals surface area (Å²) >= 11 is 5.96. The van der Waals surface area contributed by atoms with Gasteiger partial charge in [0.15, 0.2) is 21.4 Å². The molecule has 4 nitrogen and oxygen atoms in total. The van der Waals surface area contributed by atoms with Crippen LogP contribution >= 0.6 is 11.6 Å². The highest BCUT2D eigenvalue weighted by Gasteiger charge is 2.60. The standard InChI is InChI=1S/C22H24ClF2NO3S/c1-2-26-12-14-4-3-11-22(30(27,28)16-7-5-15(23)6-8-16)17(14)13-29-21-19(25)10-9-18(24)20(21)22/h5-10,14,17,26H,2-4,11-13H2,1H3/t14-,17?,22-/m0/s1. The summed E-state index contributed by atoms with van der Waals surface area (Å²) in [5, 5.41) is 3.69. The van der Waals surface area contributed by atoms with E-state index in [9.17, 15) is 12.8 Å². The molecule has 1 heterocycles. The van der Waals surface area contributed by atoms with Gasteiger partial charge >= 0.3 is 0 Å². The van der Waals surface area contributed by atoms with E-state index in [1.807, 2.05) is 6.92 Å². The van der Waals surface area contributed by atoms with Crippen LogP contribution in [0.4, 0.5) is 8.78 Å². The topological polar surface area (TPSA) is 55.4 Å². The van der Waals surface area contributed by atoms with E-state index >= 15 is 4.39 Å². The molecule has 30 heavy (non-hydrogen) atoms. The van der Waals surface area contributed by atoms with Crippen molar-refractivity contribution >= 4 is 21.4 Å². The number of hydrogen-bond acceptors (Lipinski definition) is 4. The van der Waals surface area contributed by atoms with Crippen LogP contribution in [0.25, 0.3) is 0 Å². The maximum absolute atomic E-state index is 15.2. The normalized spacial score (nSPS) is 25.9. The number of halogens is 3. The number of sulfone groups is 1. The monoisotopic (exact) mass is 455 g/mol. The molecule has 1 N–H and O–H groups in total. The van der Waals surface area contributed by atoms with E-state index in [0.29, 0.717) is 18.0 Å². The van der Waals surface area contributed by atoms with Crippen LogP contribution in [0.5, 0.6) is 5.75 Å². The Balaban J connectivity index is 1.97. The van der Waals surface area contributed by atoms with Gasteiger partial charge in [-0.05, 0) is 68.2 Å². The van der Waals surface area contributed by atoms with Crippen molar-refractivity contribution in [3.8, 4) is 5.75 Å². The smallest absolute Gasteiger partial charge is 0.188 e. The Hall–Kier alpha value is -1.70. The molecule has 0 aromatic heterocycles. The molecule has 1 unspecified atom stereocenters. The quantitative estimate of drug-likeness (QED) is 0.709. The number of rotatable bonds is 5. The molecule has 2 aromatic carbocycles. The van der Waals surface area contributed by atoms with E-state index in [2.05, 4.69) is 5.32 Å². The lowest BCUT2D eigenvalue weighted by Crippen LogP contribution is -2.55. The van der Waals surface area contributed by atoms with E-state index in [-0.39, 0.29) is 35.2 Å². The first-order valence-electron chi connectivity index (χ1n) is 10.1. The molecule has 4 rings (SSSR count).